The van der Waals surface area contributed by atoms with E-state index >= 15 is 0 Å². The molecule has 1 amide bonds. The third-order valence-electron chi connectivity index (χ3n) is 3.39. The van der Waals surface area contributed by atoms with Crippen molar-refractivity contribution in [2.75, 3.05) is 12.4 Å². The average molecular weight is 344 g/mol. The number of nitrogens with zero attached hydrogens (tertiary/aromatic N) is 1. The van der Waals surface area contributed by atoms with Crippen molar-refractivity contribution in [3.05, 3.63) is 59.7 Å². The minimum atomic E-state index is -2.14. The standard InChI is InChI=1S/C17H16N2O4S/c1-23-15-4-2-3-14(11-15)19-17(20)13-7-5-12(6-8-13)16(9-10-18)24(21)22/h2-8,11,16H,9H2,1H3,(H,19,20)(H,21,22). The molecule has 7 heteroatoms. The second-order valence-electron chi connectivity index (χ2n) is 4.94. The van der Waals surface area contributed by atoms with Gasteiger partial charge in [0.05, 0.1) is 24.8 Å². The summed E-state index contributed by atoms with van der Waals surface area (Å²) >= 11 is -2.14. The molecule has 0 heterocycles. The number of rotatable bonds is 6. The quantitative estimate of drug-likeness (QED) is 0.784. The molecular formula is C17H16N2O4S. The minimum absolute atomic E-state index is 0.0710. The lowest BCUT2D eigenvalue weighted by Crippen LogP contribution is -2.12. The summed E-state index contributed by atoms with van der Waals surface area (Å²) in [4.78, 5) is 12.2. The van der Waals surface area contributed by atoms with Gasteiger partial charge in [0.15, 0.2) is 11.1 Å². The number of anilines is 1. The zero-order valence-electron chi connectivity index (χ0n) is 12.9. The molecule has 0 fully saturated rings. The number of ether oxygens (including phenoxy) is 1. The number of carbonyl (C=O) groups excluding carboxylic acids is 1. The third kappa shape index (κ3) is 4.41. The molecule has 0 aliphatic rings. The summed E-state index contributed by atoms with van der Waals surface area (Å²) in [5.41, 5.74) is 1.54. The molecule has 2 rings (SSSR count). The Morgan fingerprint density at radius 3 is 2.62 bits per heavy atom. The predicted molar refractivity (Wildman–Crippen MR) is 91.1 cm³/mol. The van der Waals surface area contributed by atoms with Crippen LogP contribution in [0.1, 0.15) is 27.6 Å². The minimum Gasteiger partial charge on any atom is -0.497 e. The van der Waals surface area contributed by atoms with Crippen molar-refractivity contribution in [2.45, 2.75) is 11.7 Å². The molecule has 6 nitrogen and oxygen atoms in total. The number of hydrogen-bond acceptors (Lipinski definition) is 4. The fourth-order valence-electron chi connectivity index (χ4n) is 2.14. The first-order chi connectivity index (χ1) is 11.5. The summed E-state index contributed by atoms with van der Waals surface area (Å²) < 4.78 is 25.6. The Bertz CT molecular complexity index is 784. The van der Waals surface area contributed by atoms with Crippen LogP contribution in [0.4, 0.5) is 5.69 Å². The lowest BCUT2D eigenvalue weighted by Gasteiger charge is -2.11. The smallest absolute Gasteiger partial charge is 0.255 e. The van der Waals surface area contributed by atoms with Crippen molar-refractivity contribution in [3.8, 4) is 11.8 Å². The number of nitriles is 1. The Balaban J connectivity index is 2.13. The summed E-state index contributed by atoms with van der Waals surface area (Å²) in [6.07, 6.45) is -0.0710. The first-order valence-corrected chi connectivity index (χ1v) is 8.24. The highest BCUT2D eigenvalue weighted by molar-refractivity contribution is 7.79. The van der Waals surface area contributed by atoms with E-state index in [4.69, 9.17) is 10.00 Å². The monoisotopic (exact) mass is 344 g/mol. The molecule has 2 unspecified atom stereocenters. The molecule has 0 saturated heterocycles. The number of nitrogens with one attached hydrogen (secondary N) is 1. The van der Waals surface area contributed by atoms with Gasteiger partial charge in [-0.25, -0.2) is 4.21 Å². The number of amides is 1. The predicted octanol–water partition coefficient (Wildman–Crippen LogP) is 3.12. The van der Waals surface area contributed by atoms with Crippen LogP contribution in [0.3, 0.4) is 0 Å². The molecule has 0 aromatic heterocycles. The van der Waals surface area contributed by atoms with Gasteiger partial charge in [0.2, 0.25) is 0 Å². The Labute approximate surface area is 142 Å². The van der Waals surface area contributed by atoms with E-state index in [1.165, 1.54) is 0 Å². The topological polar surface area (TPSA) is 99.4 Å². The fraction of sp³-hybridized carbons (Fsp3) is 0.176. The van der Waals surface area contributed by atoms with Crippen molar-refractivity contribution in [2.24, 2.45) is 0 Å². The van der Waals surface area contributed by atoms with Crippen molar-refractivity contribution < 1.29 is 18.3 Å². The summed E-state index contributed by atoms with van der Waals surface area (Å²) in [5, 5.41) is 10.7. The van der Waals surface area contributed by atoms with Gasteiger partial charge in [-0.2, -0.15) is 5.26 Å². The molecule has 2 aromatic rings. The summed E-state index contributed by atoms with van der Waals surface area (Å²) in [5.74, 6) is 0.324. The van der Waals surface area contributed by atoms with E-state index < -0.39 is 16.3 Å². The van der Waals surface area contributed by atoms with Crippen molar-refractivity contribution in [1.29, 1.82) is 5.26 Å². The number of methoxy groups -OCH3 is 1. The van der Waals surface area contributed by atoms with Gasteiger partial charge in [0.1, 0.15) is 5.75 Å². The van der Waals surface area contributed by atoms with Gasteiger partial charge in [-0.3, -0.25) is 4.79 Å². The maximum absolute atomic E-state index is 12.2. The van der Waals surface area contributed by atoms with Gasteiger partial charge in [0.25, 0.3) is 5.91 Å². The Hall–Kier alpha value is -2.69. The Morgan fingerprint density at radius 2 is 2.04 bits per heavy atom. The van der Waals surface area contributed by atoms with E-state index in [2.05, 4.69) is 5.32 Å². The number of carbonyl (C=O) groups is 1. The number of hydrogen-bond donors (Lipinski definition) is 2. The Kier molecular flexibility index (Phi) is 6.07. The van der Waals surface area contributed by atoms with Crippen molar-refractivity contribution >= 4 is 22.7 Å². The van der Waals surface area contributed by atoms with E-state index in [0.29, 0.717) is 22.6 Å². The SMILES string of the molecule is COc1cccc(NC(=O)c2ccc(C(CC#N)S(=O)O)cc2)c1. The molecule has 0 radical (unpaired) electrons. The highest BCUT2D eigenvalue weighted by Crippen LogP contribution is 2.23. The van der Waals surface area contributed by atoms with Crippen LogP contribution in [0.2, 0.25) is 0 Å². The zero-order valence-corrected chi connectivity index (χ0v) is 13.7. The van der Waals surface area contributed by atoms with Gasteiger partial charge in [0, 0.05) is 17.3 Å². The molecule has 2 N–H and O–H groups in total. The van der Waals surface area contributed by atoms with Gasteiger partial charge in [-0.15, -0.1) is 0 Å². The van der Waals surface area contributed by atoms with E-state index in [1.54, 1.807) is 55.6 Å². The van der Waals surface area contributed by atoms with Gasteiger partial charge >= 0.3 is 0 Å². The van der Waals surface area contributed by atoms with Crippen LogP contribution in [0, 0.1) is 11.3 Å². The molecule has 24 heavy (non-hydrogen) atoms. The van der Waals surface area contributed by atoms with E-state index in [0.717, 1.165) is 0 Å². The molecule has 0 aliphatic carbocycles. The molecule has 124 valence electrons. The van der Waals surface area contributed by atoms with E-state index in [1.807, 2.05) is 6.07 Å². The third-order valence-corrected chi connectivity index (χ3v) is 4.32. The normalized spacial score (nSPS) is 12.7. The van der Waals surface area contributed by atoms with Crippen LogP contribution >= 0.6 is 0 Å². The largest absolute Gasteiger partial charge is 0.497 e. The molecular weight excluding hydrogens is 328 g/mol. The van der Waals surface area contributed by atoms with Crippen LogP contribution in [0.25, 0.3) is 0 Å². The average Bonchev–Trinajstić information content (AvgIpc) is 2.59. The molecule has 0 saturated carbocycles. The van der Waals surface area contributed by atoms with Crippen molar-refractivity contribution in [3.63, 3.8) is 0 Å². The molecule has 2 atom stereocenters. The fourth-order valence-corrected chi connectivity index (χ4v) is 2.75. The molecule has 0 bridgehead atoms. The summed E-state index contributed by atoms with van der Waals surface area (Å²) in [6, 6.07) is 15.1. The van der Waals surface area contributed by atoms with Crippen LogP contribution in [0.15, 0.2) is 48.5 Å². The first kappa shape index (κ1) is 17.7. The lowest BCUT2D eigenvalue weighted by molar-refractivity contribution is 0.102. The van der Waals surface area contributed by atoms with Gasteiger partial charge in [-0.05, 0) is 29.8 Å². The molecule has 2 aromatic carbocycles. The van der Waals surface area contributed by atoms with E-state index in [-0.39, 0.29) is 12.3 Å². The van der Waals surface area contributed by atoms with Crippen LogP contribution in [0.5, 0.6) is 5.75 Å². The first-order valence-electron chi connectivity index (χ1n) is 7.07. The Morgan fingerprint density at radius 1 is 1.33 bits per heavy atom. The van der Waals surface area contributed by atoms with Crippen LogP contribution in [-0.2, 0) is 11.1 Å². The second-order valence-corrected chi connectivity index (χ2v) is 6.06. The number of benzene rings is 2. The van der Waals surface area contributed by atoms with Crippen LogP contribution < -0.4 is 10.1 Å². The van der Waals surface area contributed by atoms with E-state index in [9.17, 15) is 13.6 Å². The highest BCUT2D eigenvalue weighted by Gasteiger charge is 2.18. The highest BCUT2D eigenvalue weighted by atomic mass is 32.2. The van der Waals surface area contributed by atoms with Crippen molar-refractivity contribution in [1.82, 2.24) is 0 Å². The summed E-state index contributed by atoms with van der Waals surface area (Å²) in [6.45, 7) is 0. The zero-order chi connectivity index (χ0) is 17.5. The van der Waals surface area contributed by atoms with Crippen LogP contribution in [-0.4, -0.2) is 21.8 Å². The molecule has 0 spiro atoms. The maximum atomic E-state index is 12.2. The van der Waals surface area contributed by atoms with Gasteiger partial charge in [-0.1, -0.05) is 18.2 Å². The molecule has 0 aliphatic heterocycles. The summed E-state index contributed by atoms with van der Waals surface area (Å²) in [7, 11) is 1.54. The van der Waals surface area contributed by atoms with Gasteiger partial charge < -0.3 is 14.6 Å². The maximum Gasteiger partial charge on any atom is 0.255 e. The second kappa shape index (κ2) is 8.24. The lowest BCUT2D eigenvalue weighted by atomic mass is 10.1.